The number of primary amides is 1. The molecule has 2 aliphatic heterocycles. The predicted molar refractivity (Wildman–Crippen MR) is 139 cm³/mol. The van der Waals surface area contributed by atoms with E-state index in [-0.39, 0.29) is 28.8 Å². The second-order valence-corrected chi connectivity index (χ2v) is 10.6. The number of nitrogens with zero attached hydrogens (tertiary/aromatic N) is 2. The second kappa shape index (κ2) is 11.9. The van der Waals surface area contributed by atoms with Crippen molar-refractivity contribution in [1.29, 1.82) is 0 Å². The summed E-state index contributed by atoms with van der Waals surface area (Å²) in [6.45, 7) is 3.46. The molecule has 0 aromatic heterocycles. The number of nitrogens with two attached hydrogens (primary N) is 1. The summed E-state index contributed by atoms with van der Waals surface area (Å²) in [5.41, 5.74) is 8.07. The average Bonchev–Trinajstić information content (AvgIpc) is 3.09. The molecule has 0 spiro atoms. The van der Waals surface area contributed by atoms with Crippen molar-refractivity contribution in [1.82, 2.24) is 4.31 Å². The summed E-state index contributed by atoms with van der Waals surface area (Å²) in [6.07, 6.45) is 3.10. The zero-order valence-electron chi connectivity index (χ0n) is 20.7. The lowest BCUT2D eigenvalue weighted by molar-refractivity contribution is -0.134. The lowest BCUT2D eigenvalue weighted by Gasteiger charge is -2.32. The lowest BCUT2D eigenvalue weighted by Crippen LogP contribution is -2.38. The quantitative estimate of drug-likeness (QED) is 0.442. The van der Waals surface area contributed by atoms with Crippen LogP contribution in [0.2, 0.25) is 0 Å². The molecule has 0 radical (unpaired) electrons. The minimum Gasteiger partial charge on any atom is -0.478 e. The Hall–Kier alpha value is -4.19. The van der Waals surface area contributed by atoms with Crippen molar-refractivity contribution in [3.05, 3.63) is 60.2 Å². The van der Waals surface area contributed by atoms with Crippen LogP contribution in [0, 0.1) is 5.92 Å². The van der Waals surface area contributed by atoms with Crippen molar-refractivity contribution < 1.29 is 37.8 Å². The van der Waals surface area contributed by atoms with Crippen molar-refractivity contribution in [3.8, 4) is 11.1 Å². The first-order valence-corrected chi connectivity index (χ1v) is 13.4. The smallest absolute Gasteiger partial charge is 0.328 e. The Morgan fingerprint density at radius 3 is 2.18 bits per heavy atom. The summed E-state index contributed by atoms with van der Waals surface area (Å²) >= 11 is 0. The molecule has 0 aliphatic carbocycles. The van der Waals surface area contributed by atoms with Gasteiger partial charge in [0, 0.05) is 43.4 Å². The van der Waals surface area contributed by atoms with Gasteiger partial charge in [0.15, 0.2) is 0 Å². The van der Waals surface area contributed by atoms with Gasteiger partial charge in [0.2, 0.25) is 5.91 Å². The molecule has 1 fully saturated rings. The molecule has 202 valence electrons. The van der Waals surface area contributed by atoms with Crippen molar-refractivity contribution in [3.63, 3.8) is 0 Å². The molecule has 0 unspecified atom stereocenters. The normalized spacial score (nSPS) is 16.6. The Bertz CT molecular complexity index is 1360. The molecular weight excluding hydrogens is 514 g/mol. The number of aliphatic carboxylic acids is 2. The highest BCUT2D eigenvalue weighted by atomic mass is 32.2. The van der Waals surface area contributed by atoms with Gasteiger partial charge in [-0.1, -0.05) is 31.2 Å². The number of carboxylic acids is 2. The molecule has 2 amide bonds. The fourth-order valence-electron chi connectivity index (χ4n) is 4.42. The number of piperidine rings is 1. The third-order valence-electron chi connectivity index (χ3n) is 6.25. The minimum absolute atomic E-state index is 0.0751. The summed E-state index contributed by atoms with van der Waals surface area (Å²) in [7, 11) is -3.80. The number of carboxylic acid groups (broad SMARTS) is 2. The fraction of sp³-hybridized carbons (Fsp3) is 0.308. The number of hydrogen-bond acceptors (Lipinski definition) is 7. The van der Waals surface area contributed by atoms with Crippen LogP contribution in [0.4, 0.5) is 5.69 Å². The van der Waals surface area contributed by atoms with Crippen LogP contribution in [0.1, 0.15) is 36.5 Å². The van der Waals surface area contributed by atoms with Gasteiger partial charge < -0.3 is 20.8 Å². The number of sulfonamides is 1. The molecule has 0 atom stereocenters. The van der Waals surface area contributed by atoms with Crippen molar-refractivity contribution in [2.24, 2.45) is 11.7 Å². The lowest BCUT2D eigenvalue weighted by atomic mass is 9.95. The van der Waals surface area contributed by atoms with E-state index in [0.717, 1.165) is 28.6 Å². The molecule has 38 heavy (non-hydrogen) atoms. The molecule has 2 aliphatic rings. The third kappa shape index (κ3) is 6.20. The van der Waals surface area contributed by atoms with Gasteiger partial charge in [0.25, 0.3) is 15.9 Å². The summed E-state index contributed by atoms with van der Waals surface area (Å²) in [6, 6.07) is 12.7. The first-order chi connectivity index (χ1) is 18.0. The van der Waals surface area contributed by atoms with Crippen LogP contribution in [-0.4, -0.2) is 66.3 Å². The van der Waals surface area contributed by atoms with Crippen LogP contribution in [0.3, 0.4) is 0 Å². The van der Waals surface area contributed by atoms with E-state index < -0.39 is 27.9 Å². The molecule has 4 rings (SSSR count). The SMILES string of the molecule is CCCN1C(=O)c2c(-c3cccc(N4CCC(C(N)=O)CC4)c3)cccc2S1(=O)=O.O=C(O)C=CC(=O)O. The third-order valence-corrected chi connectivity index (χ3v) is 8.07. The van der Waals surface area contributed by atoms with Crippen LogP contribution in [0.25, 0.3) is 11.1 Å². The molecule has 12 heteroatoms. The van der Waals surface area contributed by atoms with Crippen molar-refractivity contribution >= 4 is 39.5 Å². The van der Waals surface area contributed by atoms with Crippen LogP contribution < -0.4 is 10.6 Å². The number of fused-ring (bicyclic) bond motifs is 1. The first kappa shape index (κ1) is 28.4. The van der Waals surface area contributed by atoms with E-state index in [2.05, 4.69) is 4.90 Å². The Kier molecular flexibility index (Phi) is 8.89. The van der Waals surface area contributed by atoms with E-state index >= 15 is 0 Å². The van der Waals surface area contributed by atoms with Crippen molar-refractivity contribution in [2.75, 3.05) is 24.5 Å². The molecule has 1 saturated heterocycles. The van der Waals surface area contributed by atoms with Gasteiger partial charge >= 0.3 is 11.9 Å². The van der Waals surface area contributed by atoms with Gasteiger partial charge in [-0.05, 0) is 48.6 Å². The highest BCUT2D eigenvalue weighted by Crippen LogP contribution is 2.38. The summed E-state index contributed by atoms with van der Waals surface area (Å²) in [5.74, 6) is -3.32. The predicted octanol–water partition coefficient (Wildman–Crippen LogP) is 2.32. The summed E-state index contributed by atoms with van der Waals surface area (Å²) in [4.78, 5) is 45.8. The van der Waals surface area contributed by atoms with E-state index in [0.29, 0.717) is 37.0 Å². The number of hydrogen-bond donors (Lipinski definition) is 3. The highest BCUT2D eigenvalue weighted by Gasteiger charge is 2.42. The monoisotopic (exact) mass is 543 g/mol. The zero-order chi connectivity index (χ0) is 28.0. The maximum atomic E-state index is 13.0. The average molecular weight is 544 g/mol. The number of amides is 2. The molecule has 2 heterocycles. The maximum absolute atomic E-state index is 13.0. The van der Waals surface area contributed by atoms with Crippen LogP contribution in [0.15, 0.2) is 59.5 Å². The Labute approximate surface area is 220 Å². The molecule has 2 aromatic carbocycles. The Morgan fingerprint density at radius 1 is 1.03 bits per heavy atom. The molecule has 2 aromatic rings. The summed E-state index contributed by atoms with van der Waals surface area (Å²) in [5, 5.41) is 15.6. The first-order valence-electron chi connectivity index (χ1n) is 12.0. The zero-order valence-corrected chi connectivity index (χ0v) is 21.6. The molecule has 0 saturated carbocycles. The van der Waals surface area contributed by atoms with Gasteiger partial charge in [0.1, 0.15) is 4.90 Å². The largest absolute Gasteiger partial charge is 0.478 e. The van der Waals surface area contributed by atoms with E-state index in [9.17, 15) is 27.6 Å². The van der Waals surface area contributed by atoms with Crippen LogP contribution in [0.5, 0.6) is 0 Å². The number of carbonyl (C=O) groups is 4. The number of carbonyl (C=O) groups excluding carboxylic acids is 2. The van der Waals surface area contributed by atoms with Gasteiger partial charge in [-0.2, -0.15) is 0 Å². The molecule has 11 nitrogen and oxygen atoms in total. The number of benzene rings is 2. The van der Waals surface area contributed by atoms with E-state index in [1.165, 1.54) is 6.07 Å². The van der Waals surface area contributed by atoms with E-state index in [4.69, 9.17) is 15.9 Å². The molecule has 0 bridgehead atoms. The van der Waals surface area contributed by atoms with Gasteiger partial charge in [0.05, 0.1) is 5.56 Å². The van der Waals surface area contributed by atoms with Crippen LogP contribution in [-0.2, 0) is 24.4 Å². The maximum Gasteiger partial charge on any atom is 0.328 e. The Morgan fingerprint density at radius 2 is 1.63 bits per heavy atom. The number of anilines is 1. The topological polar surface area (TPSA) is 175 Å². The van der Waals surface area contributed by atoms with E-state index in [1.54, 1.807) is 12.1 Å². The molecular formula is C26H29N3O8S. The summed E-state index contributed by atoms with van der Waals surface area (Å²) < 4.78 is 26.6. The number of rotatable bonds is 7. The fourth-order valence-corrected chi connectivity index (χ4v) is 6.10. The van der Waals surface area contributed by atoms with Crippen LogP contribution >= 0.6 is 0 Å². The van der Waals surface area contributed by atoms with Gasteiger partial charge in [-0.3, -0.25) is 9.59 Å². The van der Waals surface area contributed by atoms with E-state index in [1.807, 2.05) is 31.2 Å². The Balaban J connectivity index is 0.000000436. The van der Waals surface area contributed by atoms with Crippen molar-refractivity contribution in [2.45, 2.75) is 31.1 Å². The van der Waals surface area contributed by atoms with Gasteiger partial charge in [-0.25, -0.2) is 22.3 Å². The second-order valence-electron chi connectivity index (χ2n) is 8.78. The molecule has 4 N–H and O–H groups in total. The highest BCUT2D eigenvalue weighted by molar-refractivity contribution is 7.90. The van der Waals surface area contributed by atoms with Gasteiger partial charge in [-0.15, -0.1) is 0 Å². The standard InChI is InChI=1S/C22H25N3O4S.C4H4O4/c1-2-11-25-22(27)20-18(7-4-8-19(20)30(25,28)29)16-5-3-6-17(14-16)24-12-9-15(10-13-24)21(23)26;5-3(6)1-2-4(7)8/h3-8,14-15H,2,9-13H2,1H3,(H2,23,26);1-2H,(H,5,6)(H,7,8). The minimum atomic E-state index is -3.80.